The molecular formula is C9H15NO2. The third-order valence-electron chi connectivity index (χ3n) is 3.25. The van der Waals surface area contributed by atoms with Crippen LogP contribution >= 0.6 is 0 Å². The average Bonchev–Trinajstić information content (AvgIpc) is 2.46. The molecule has 68 valence electrons. The smallest absolute Gasteiger partial charge is 0.407 e. The molecule has 0 bridgehead atoms. The monoisotopic (exact) mass is 169 g/mol. The maximum Gasteiger partial charge on any atom is 0.407 e. The van der Waals surface area contributed by atoms with E-state index in [0.717, 1.165) is 13.1 Å². The summed E-state index contributed by atoms with van der Waals surface area (Å²) in [4.78, 5) is 12.3. The van der Waals surface area contributed by atoms with Crippen molar-refractivity contribution in [3.63, 3.8) is 0 Å². The summed E-state index contributed by atoms with van der Waals surface area (Å²) in [5, 5.41) is 8.79. The van der Waals surface area contributed by atoms with E-state index in [-0.39, 0.29) is 0 Å². The summed E-state index contributed by atoms with van der Waals surface area (Å²) in [7, 11) is 0. The van der Waals surface area contributed by atoms with Gasteiger partial charge in [-0.3, -0.25) is 0 Å². The van der Waals surface area contributed by atoms with Crippen LogP contribution in [-0.2, 0) is 0 Å². The Morgan fingerprint density at radius 3 is 2.08 bits per heavy atom. The first kappa shape index (κ1) is 7.90. The van der Waals surface area contributed by atoms with Crippen molar-refractivity contribution in [2.24, 2.45) is 11.8 Å². The maximum absolute atomic E-state index is 10.7. The molecule has 1 N–H and O–H groups in total. The minimum Gasteiger partial charge on any atom is -0.465 e. The molecule has 1 saturated carbocycles. The lowest BCUT2D eigenvalue weighted by Crippen LogP contribution is -2.26. The Morgan fingerprint density at radius 1 is 1.17 bits per heavy atom. The Bertz CT molecular complexity index is 179. The van der Waals surface area contributed by atoms with Crippen LogP contribution in [-0.4, -0.2) is 29.2 Å². The summed E-state index contributed by atoms with van der Waals surface area (Å²) < 4.78 is 0. The number of carboxylic acid groups (broad SMARTS) is 1. The molecule has 3 nitrogen and oxygen atoms in total. The van der Waals surface area contributed by atoms with Crippen molar-refractivity contribution >= 4 is 6.09 Å². The molecule has 12 heavy (non-hydrogen) atoms. The van der Waals surface area contributed by atoms with Crippen molar-refractivity contribution in [2.45, 2.75) is 25.7 Å². The van der Waals surface area contributed by atoms with Crippen LogP contribution in [0.5, 0.6) is 0 Å². The van der Waals surface area contributed by atoms with Gasteiger partial charge >= 0.3 is 6.09 Å². The molecule has 0 radical (unpaired) electrons. The lowest BCUT2D eigenvalue weighted by molar-refractivity contribution is 0.153. The number of carbonyl (C=O) groups is 1. The van der Waals surface area contributed by atoms with Crippen LogP contribution in [0.2, 0.25) is 0 Å². The summed E-state index contributed by atoms with van der Waals surface area (Å²) in [6.07, 6.45) is 4.36. The van der Waals surface area contributed by atoms with Gasteiger partial charge in [0, 0.05) is 13.1 Å². The average molecular weight is 169 g/mol. The molecule has 1 saturated heterocycles. The highest BCUT2D eigenvalue weighted by molar-refractivity contribution is 5.65. The highest BCUT2D eigenvalue weighted by Gasteiger charge is 2.36. The van der Waals surface area contributed by atoms with Crippen LogP contribution < -0.4 is 0 Å². The number of likely N-dealkylation sites (tertiary alicyclic amines) is 1. The van der Waals surface area contributed by atoms with Gasteiger partial charge < -0.3 is 10.0 Å². The number of fused-ring (bicyclic) bond motifs is 1. The van der Waals surface area contributed by atoms with E-state index < -0.39 is 6.09 Å². The Labute approximate surface area is 72.4 Å². The van der Waals surface area contributed by atoms with Crippen molar-refractivity contribution in [1.29, 1.82) is 0 Å². The predicted octanol–water partition coefficient (Wildman–Crippen LogP) is 1.79. The zero-order valence-electron chi connectivity index (χ0n) is 7.20. The fraction of sp³-hybridized carbons (Fsp3) is 0.889. The molecule has 0 aromatic rings. The number of amides is 1. The van der Waals surface area contributed by atoms with Gasteiger partial charge in [0.05, 0.1) is 0 Å². The first-order chi connectivity index (χ1) is 5.77. The zero-order valence-corrected chi connectivity index (χ0v) is 7.20. The normalized spacial score (nSPS) is 34.8. The standard InChI is InChI=1S/C9H15NO2/c11-9(12)10-5-7-3-1-2-4-8(7)6-10/h7-8H,1-6H2,(H,11,12). The molecule has 2 aliphatic rings. The minimum absolute atomic E-state index is 0.676. The van der Waals surface area contributed by atoms with Crippen LogP contribution in [0.4, 0.5) is 4.79 Å². The van der Waals surface area contributed by atoms with Gasteiger partial charge in [-0.15, -0.1) is 0 Å². The predicted molar refractivity (Wildman–Crippen MR) is 45.0 cm³/mol. The summed E-state index contributed by atoms with van der Waals surface area (Å²) >= 11 is 0. The maximum atomic E-state index is 10.7. The van der Waals surface area contributed by atoms with Gasteiger partial charge in [0.25, 0.3) is 0 Å². The van der Waals surface area contributed by atoms with Crippen LogP contribution in [0.1, 0.15) is 25.7 Å². The molecule has 2 rings (SSSR count). The molecule has 2 unspecified atom stereocenters. The number of rotatable bonds is 0. The molecule has 1 heterocycles. The topological polar surface area (TPSA) is 40.5 Å². The van der Waals surface area contributed by atoms with Crippen molar-refractivity contribution in [3.05, 3.63) is 0 Å². The van der Waals surface area contributed by atoms with E-state index in [1.54, 1.807) is 4.90 Å². The van der Waals surface area contributed by atoms with E-state index in [9.17, 15) is 4.79 Å². The minimum atomic E-state index is -0.732. The fourth-order valence-corrected chi connectivity index (χ4v) is 2.56. The molecule has 2 atom stereocenters. The van der Waals surface area contributed by atoms with Crippen molar-refractivity contribution in [3.8, 4) is 0 Å². The van der Waals surface area contributed by atoms with E-state index in [1.165, 1.54) is 25.7 Å². The van der Waals surface area contributed by atoms with Gasteiger partial charge in [0.2, 0.25) is 0 Å². The summed E-state index contributed by atoms with van der Waals surface area (Å²) in [5.74, 6) is 1.35. The second-order valence-electron chi connectivity index (χ2n) is 3.99. The summed E-state index contributed by atoms with van der Waals surface area (Å²) in [6, 6.07) is 0. The Kier molecular flexibility index (Phi) is 1.95. The Morgan fingerprint density at radius 2 is 1.67 bits per heavy atom. The van der Waals surface area contributed by atoms with Crippen molar-refractivity contribution in [1.82, 2.24) is 4.90 Å². The Balaban J connectivity index is 1.98. The van der Waals surface area contributed by atoms with Crippen LogP contribution in [0.25, 0.3) is 0 Å². The number of nitrogens with zero attached hydrogens (tertiary/aromatic N) is 1. The molecule has 0 aromatic heterocycles. The second-order valence-corrected chi connectivity index (χ2v) is 3.99. The third kappa shape index (κ3) is 1.28. The first-order valence-electron chi connectivity index (χ1n) is 4.75. The van der Waals surface area contributed by atoms with E-state index in [0.29, 0.717) is 11.8 Å². The quantitative estimate of drug-likeness (QED) is 0.600. The van der Waals surface area contributed by atoms with Gasteiger partial charge in [-0.05, 0) is 24.7 Å². The van der Waals surface area contributed by atoms with Gasteiger partial charge in [-0.2, -0.15) is 0 Å². The zero-order chi connectivity index (χ0) is 8.55. The van der Waals surface area contributed by atoms with Crippen molar-refractivity contribution in [2.75, 3.05) is 13.1 Å². The molecule has 0 spiro atoms. The largest absolute Gasteiger partial charge is 0.465 e. The van der Waals surface area contributed by atoms with E-state index >= 15 is 0 Å². The van der Waals surface area contributed by atoms with Crippen LogP contribution in [0, 0.1) is 11.8 Å². The third-order valence-corrected chi connectivity index (χ3v) is 3.25. The summed E-state index contributed by atoms with van der Waals surface area (Å²) in [6.45, 7) is 1.58. The van der Waals surface area contributed by atoms with E-state index in [2.05, 4.69) is 0 Å². The van der Waals surface area contributed by atoms with Gasteiger partial charge in [0.15, 0.2) is 0 Å². The lowest BCUT2D eigenvalue weighted by atomic mass is 9.82. The Hall–Kier alpha value is -0.730. The van der Waals surface area contributed by atoms with Crippen LogP contribution in [0.15, 0.2) is 0 Å². The number of hydrogen-bond donors (Lipinski definition) is 1. The molecule has 1 aliphatic heterocycles. The SMILES string of the molecule is O=C(O)N1CC2CCCCC2C1. The second kappa shape index (κ2) is 2.96. The fourth-order valence-electron chi connectivity index (χ4n) is 2.56. The first-order valence-corrected chi connectivity index (χ1v) is 4.75. The molecule has 2 fully saturated rings. The number of hydrogen-bond acceptors (Lipinski definition) is 1. The summed E-state index contributed by atoms with van der Waals surface area (Å²) in [5.41, 5.74) is 0. The highest BCUT2D eigenvalue weighted by Crippen LogP contribution is 2.35. The van der Waals surface area contributed by atoms with Gasteiger partial charge in [-0.25, -0.2) is 4.79 Å². The molecule has 1 amide bonds. The van der Waals surface area contributed by atoms with Crippen molar-refractivity contribution < 1.29 is 9.90 Å². The van der Waals surface area contributed by atoms with E-state index in [4.69, 9.17) is 5.11 Å². The van der Waals surface area contributed by atoms with Crippen LogP contribution in [0.3, 0.4) is 0 Å². The lowest BCUT2D eigenvalue weighted by Gasteiger charge is -2.22. The van der Waals surface area contributed by atoms with E-state index in [1.807, 2.05) is 0 Å². The van der Waals surface area contributed by atoms with Gasteiger partial charge in [0.1, 0.15) is 0 Å². The highest BCUT2D eigenvalue weighted by atomic mass is 16.4. The molecular weight excluding hydrogens is 154 g/mol. The molecule has 1 aliphatic carbocycles. The molecule has 3 heteroatoms. The van der Waals surface area contributed by atoms with Gasteiger partial charge in [-0.1, -0.05) is 12.8 Å². The molecule has 0 aromatic carbocycles.